The summed E-state index contributed by atoms with van der Waals surface area (Å²) in [7, 11) is 0. The predicted octanol–water partition coefficient (Wildman–Crippen LogP) is 1.83. The summed E-state index contributed by atoms with van der Waals surface area (Å²) in [5.41, 5.74) is 1.60. The number of aromatic nitrogens is 1. The van der Waals surface area contributed by atoms with Gasteiger partial charge in [0.2, 0.25) is 0 Å². The molecule has 0 bridgehead atoms. The number of nitrogens with zero attached hydrogens (tertiary/aromatic N) is 1. The lowest BCUT2D eigenvalue weighted by atomic mass is 10.1. The molecule has 5 heteroatoms. The minimum atomic E-state index is -0.197. The van der Waals surface area contributed by atoms with Crippen molar-refractivity contribution in [2.45, 2.75) is 19.6 Å². The quantitative estimate of drug-likeness (QED) is 0.850. The molecule has 1 heterocycles. The van der Waals surface area contributed by atoms with E-state index in [9.17, 15) is 4.79 Å². The Labute approximate surface area is 123 Å². The van der Waals surface area contributed by atoms with Crippen LogP contribution >= 0.6 is 0 Å². The van der Waals surface area contributed by atoms with Gasteiger partial charge in [0.25, 0.3) is 5.91 Å². The van der Waals surface area contributed by atoms with Gasteiger partial charge in [-0.3, -0.25) is 9.78 Å². The Morgan fingerprint density at radius 1 is 1.29 bits per heavy atom. The minimum Gasteiger partial charge on any atom is -0.482 e. The molecule has 2 N–H and O–H groups in total. The van der Waals surface area contributed by atoms with E-state index in [0.717, 1.165) is 5.56 Å². The summed E-state index contributed by atoms with van der Waals surface area (Å²) in [6.45, 7) is 1.73. The highest BCUT2D eigenvalue weighted by molar-refractivity contribution is 5.78. The summed E-state index contributed by atoms with van der Waals surface area (Å²) in [5, 5.41) is 11.8. The van der Waals surface area contributed by atoms with Gasteiger partial charge in [-0.05, 0) is 24.6 Å². The SMILES string of the molecule is CC(NC(=O)COc1ccc(CO)nc1)c1ccccc1. The summed E-state index contributed by atoms with van der Waals surface area (Å²) >= 11 is 0. The number of hydrogen-bond acceptors (Lipinski definition) is 4. The molecule has 0 aliphatic heterocycles. The lowest BCUT2D eigenvalue weighted by Gasteiger charge is -2.14. The average Bonchev–Trinajstić information content (AvgIpc) is 2.54. The Balaban J connectivity index is 1.81. The molecule has 2 aromatic rings. The number of aliphatic hydroxyl groups is 1. The minimum absolute atomic E-state index is 0.0720. The van der Waals surface area contributed by atoms with Crippen molar-refractivity contribution in [2.75, 3.05) is 6.61 Å². The van der Waals surface area contributed by atoms with E-state index < -0.39 is 0 Å². The van der Waals surface area contributed by atoms with E-state index in [1.54, 1.807) is 12.1 Å². The van der Waals surface area contributed by atoms with Gasteiger partial charge >= 0.3 is 0 Å². The van der Waals surface area contributed by atoms with E-state index in [-0.39, 0.29) is 25.2 Å². The number of carbonyl (C=O) groups is 1. The number of hydrogen-bond donors (Lipinski definition) is 2. The number of amides is 1. The van der Waals surface area contributed by atoms with Crippen LogP contribution in [0.4, 0.5) is 0 Å². The number of carbonyl (C=O) groups excluding carboxylic acids is 1. The van der Waals surface area contributed by atoms with Crippen molar-refractivity contribution in [3.63, 3.8) is 0 Å². The monoisotopic (exact) mass is 286 g/mol. The molecule has 0 saturated heterocycles. The molecule has 0 radical (unpaired) electrons. The molecule has 1 aromatic heterocycles. The standard InChI is InChI=1S/C16H18N2O3/c1-12(13-5-3-2-4-6-13)18-16(20)11-21-15-8-7-14(10-19)17-9-15/h2-9,12,19H,10-11H2,1H3,(H,18,20). The molecule has 0 aliphatic carbocycles. The molecular formula is C16H18N2O3. The first-order valence-corrected chi connectivity index (χ1v) is 6.72. The molecule has 2 rings (SSSR count). The fourth-order valence-corrected chi connectivity index (χ4v) is 1.85. The highest BCUT2D eigenvalue weighted by atomic mass is 16.5. The third kappa shape index (κ3) is 4.57. The van der Waals surface area contributed by atoms with Crippen LogP contribution in [-0.2, 0) is 11.4 Å². The Morgan fingerprint density at radius 2 is 2.05 bits per heavy atom. The number of ether oxygens (including phenoxy) is 1. The molecule has 1 atom stereocenters. The van der Waals surface area contributed by atoms with E-state index >= 15 is 0 Å². The lowest BCUT2D eigenvalue weighted by molar-refractivity contribution is -0.123. The zero-order valence-electron chi connectivity index (χ0n) is 11.8. The second-order valence-corrected chi connectivity index (χ2v) is 4.63. The molecule has 1 unspecified atom stereocenters. The molecule has 110 valence electrons. The van der Waals surface area contributed by atoms with E-state index in [0.29, 0.717) is 11.4 Å². The van der Waals surface area contributed by atoms with Gasteiger partial charge in [-0.25, -0.2) is 0 Å². The van der Waals surface area contributed by atoms with Crippen molar-refractivity contribution >= 4 is 5.91 Å². The summed E-state index contributed by atoms with van der Waals surface area (Å²) in [6, 6.07) is 13.0. The van der Waals surface area contributed by atoms with Crippen molar-refractivity contribution in [3.05, 3.63) is 59.9 Å². The van der Waals surface area contributed by atoms with Crippen LogP contribution < -0.4 is 10.1 Å². The van der Waals surface area contributed by atoms with Gasteiger partial charge in [-0.1, -0.05) is 30.3 Å². The molecule has 0 aliphatic rings. The second kappa shape index (κ2) is 7.40. The second-order valence-electron chi connectivity index (χ2n) is 4.63. The maximum absolute atomic E-state index is 11.8. The molecule has 0 fully saturated rings. The molecule has 5 nitrogen and oxygen atoms in total. The smallest absolute Gasteiger partial charge is 0.258 e. The van der Waals surface area contributed by atoms with Gasteiger partial charge in [0, 0.05) is 0 Å². The van der Waals surface area contributed by atoms with Crippen LogP contribution in [0.15, 0.2) is 48.7 Å². The van der Waals surface area contributed by atoms with Gasteiger partial charge < -0.3 is 15.2 Å². The molecule has 0 spiro atoms. The van der Waals surface area contributed by atoms with Crippen molar-refractivity contribution in [2.24, 2.45) is 0 Å². The maximum atomic E-state index is 11.8. The van der Waals surface area contributed by atoms with Crippen LogP contribution in [0.5, 0.6) is 5.75 Å². The summed E-state index contributed by atoms with van der Waals surface area (Å²) in [6.07, 6.45) is 1.49. The average molecular weight is 286 g/mol. The molecular weight excluding hydrogens is 268 g/mol. The summed E-state index contributed by atoms with van der Waals surface area (Å²) in [4.78, 5) is 15.8. The topological polar surface area (TPSA) is 71.5 Å². The van der Waals surface area contributed by atoms with Gasteiger partial charge in [0.05, 0.1) is 24.5 Å². The zero-order valence-corrected chi connectivity index (χ0v) is 11.8. The highest BCUT2D eigenvalue weighted by Gasteiger charge is 2.09. The van der Waals surface area contributed by atoms with Gasteiger partial charge in [-0.2, -0.15) is 0 Å². The Kier molecular flexibility index (Phi) is 5.29. The van der Waals surface area contributed by atoms with Crippen molar-refractivity contribution in [1.29, 1.82) is 0 Å². The van der Waals surface area contributed by atoms with Crippen LogP contribution in [0.3, 0.4) is 0 Å². The summed E-state index contributed by atoms with van der Waals surface area (Å²) < 4.78 is 5.35. The highest BCUT2D eigenvalue weighted by Crippen LogP contribution is 2.12. The first kappa shape index (κ1) is 15.0. The lowest BCUT2D eigenvalue weighted by Crippen LogP contribution is -2.31. The van der Waals surface area contributed by atoms with Crippen molar-refractivity contribution < 1.29 is 14.6 Å². The Morgan fingerprint density at radius 3 is 2.67 bits per heavy atom. The first-order chi connectivity index (χ1) is 10.2. The van der Waals surface area contributed by atoms with Crippen molar-refractivity contribution in [3.8, 4) is 5.75 Å². The van der Waals surface area contributed by atoms with Gasteiger partial charge in [-0.15, -0.1) is 0 Å². The number of aliphatic hydroxyl groups excluding tert-OH is 1. The zero-order chi connectivity index (χ0) is 15.1. The summed E-state index contributed by atoms with van der Waals surface area (Å²) in [5.74, 6) is 0.298. The Hall–Kier alpha value is -2.40. The van der Waals surface area contributed by atoms with E-state index in [4.69, 9.17) is 9.84 Å². The fraction of sp³-hybridized carbons (Fsp3) is 0.250. The van der Waals surface area contributed by atoms with E-state index in [1.807, 2.05) is 37.3 Å². The number of nitrogens with one attached hydrogen (secondary N) is 1. The van der Waals surface area contributed by atoms with Crippen LogP contribution in [0.1, 0.15) is 24.2 Å². The third-order valence-corrected chi connectivity index (χ3v) is 3.01. The van der Waals surface area contributed by atoms with E-state index in [2.05, 4.69) is 10.3 Å². The largest absolute Gasteiger partial charge is 0.482 e. The van der Waals surface area contributed by atoms with Gasteiger partial charge in [0.15, 0.2) is 6.61 Å². The van der Waals surface area contributed by atoms with Crippen LogP contribution in [-0.4, -0.2) is 22.6 Å². The van der Waals surface area contributed by atoms with Crippen LogP contribution in [0, 0.1) is 0 Å². The number of rotatable bonds is 6. The number of benzene rings is 1. The molecule has 1 aromatic carbocycles. The number of pyridine rings is 1. The van der Waals surface area contributed by atoms with E-state index in [1.165, 1.54) is 6.20 Å². The fourth-order valence-electron chi connectivity index (χ4n) is 1.85. The molecule has 1 amide bonds. The maximum Gasteiger partial charge on any atom is 0.258 e. The predicted molar refractivity (Wildman–Crippen MR) is 78.7 cm³/mol. The van der Waals surface area contributed by atoms with Crippen LogP contribution in [0.2, 0.25) is 0 Å². The third-order valence-electron chi connectivity index (χ3n) is 3.01. The normalized spacial score (nSPS) is 11.7. The van der Waals surface area contributed by atoms with Gasteiger partial charge in [0.1, 0.15) is 5.75 Å². The molecule has 21 heavy (non-hydrogen) atoms. The van der Waals surface area contributed by atoms with Crippen molar-refractivity contribution in [1.82, 2.24) is 10.3 Å². The first-order valence-electron chi connectivity index (χ1n) is 6.72. The Bertz CT molecular complexity index is 570. The molecule has 0 saturated carbocycles. The van der Waals surface area contributed by atoms with Crippen LogP contribution in [0.25, 0.3) is 0 Å².